The van der Waals surface area contributed by atoms with Crippen molar-refractivity contribution in [2.24, 2.45) is 0 Å². The molecule has 0 nitrogen and oxygen atoms in total. The zero-order valence-electron chi connectivity index (χ0n) is 31.3. The van der Waals surface area contributed by atoms with Gasteiger partial charge in [0.25, 0.3) is 0 Å². The van der Waals surface area contributed by atoms with Crippen LogP contribution in [-0.4, -0.2) is 8.07 Å². The summed E-state index contributed by atoms with van der Waals surface area (Å²) in [6.07, 6.45) is 0. The molecule has 0 unspecified atom stereocenters. The molecule has 0 radical (unpaired) electrons. The van der Waals surface area contributed by atoms with Crippen molar-refractivity contribution in [1.82, 2.24) is 0 Å². The first-order chi connectivity index (χ1) is 28.2. The second-order valence-electron chi connectivity index (χ2n) is 13.5. The van der Waals surface area contributed by atoms with E-state index in [2.05, 4.69) is 240 Å². The molecule has 0 amide bonds. The van der Waals surface area contributed by atoms with Crippen LogP contribution in [0.1, 0.15) is 22.3 Å². The molecular formula is C56H36Si. The van der Waals surface area contributed by atoms with Gasteiger partial charge in [0.05, 0.1) is 0 Å². The third kappa shape index (κ3) is 9.48. The summed E-state index contributed by atoms with van der Waals surface area (Å²) in [6.45, 7) is 0. The van der Waals surface area contributed by atoms with Gasteiger partial charge in [-0.05, 0) is 93.0 Å². The molecule has 0 N–H and O–H groups in total. The highest BCUT2D eigenvalue weighted by Crippen LogP contribution is 2.22. The fourth-order valence-electron chi connectivity index (χ4n) is 6.36. The zero-order valence-corrected chi connectivity index (χ0v) is 32.3. The number of hydrogen-bond acceptors (Lipinski definition) is 0. The van der Waals surface area contributed by atoms with E-state index in [1.807, 2.05) is 24.3 Å². The maximum Gasteiger partial charge on any atom is 0.370 e. The van der Waals surface area contributed by atoms with Gasteiger partial charge in [-0.1, -0.05) is 216 Å². The first kappa shape index (κ1) is 36.2. The maximum absolute atomic E-state index is 3.60. The van der Waals surface area contributed by atoms with Crippen molar-refractivity contribution in [3.63, 3.8) is 0 Å². The van der Waals surface area contributed by atoms with Crippen LogP contribution < -0.4 is 0 Å². The Hall–Kier alpha value is -7.78. The molecule has 0 saturated heterocycles. The summed E-state index contributed by atoms with van der Waals surface area (Å²) < 4.78 is 0. The number of benzene rings is 8. The molecule has 8 rings (SSSR count). The Balaban J connectivity index is 1.22. The lowest BCUT2D eigenvalue weighted by Crippen LogP contribution is -2.29. The fraction of sp³-hybridized carbons (Fsp3) is 0. The molecule has 8 aromatic carbocycles. The van der Waals surface area contributed by atoms with E-state index in [0.717, 1.165) is 66.8 Å². The standard InChI is InChI=1S/C56H36Si/c1-5-13-49(14-6-1)53-29-21-45(22-30-53)37-41-57(42-38-46-23-31-54(32-24-46)50-15-7-2-8-16-50,43-39-47-25-33-55(34-26-47)51-17-9-3-10-18-51)44-40-48-27-35-56(36-28-48)52-19-11-4-12-20-52/h1-36H. The lowest BCUT2D eigenvalue weighted by atomic mass is 10.0. The third-order valence-corrected chi connectivity index (χ3v) is 11.5. The minimum Gasteiger partial charge on any atom is -0.0825 e. The first-order valence-electron chi connectivity index (χ1n) is 18.9. The van der Waals surface area contributed by atoms with Crippen molar-refractivity contribution in [2.75, 3.05) is 0 Å². The normalized spacial score (nSPS) is 10.2. The fourth-order valence-corrected chi connectivity index (χ4v) is 8.06. The van der Waals surface area contributed by atoms with Crippen molar-refractivity contribution in [3.8, 4) is 90.4 Å². The van der Waals surface area contributed by atoms with E-state index in [-0.39, 0.29) is 0 Å². The molecule has 0 aliphatic rings. The summed E-state index contributed by atoms with van der Waals surface area (Å²) in [5.41, 5.74) is 27.2. The molecule has 264 valence electrons. The summed E-state index contributed by atoms with van der Waals surface area (Å²) >= 11 is 0. The van der Waals surface area contributed by atoms with Crippen LogP contribution >= 0.6 is 0 Å². The lowest BCUT2D eigenvalue weighted by molar-refractivity contribution is 1.59. The van der Waals surface area contributed by atoms with Gasteiger partial charge in [-0.2, -0.15) is 0 Å². The van der Waals surface area contributed by atoms with Crippen LogP contribution in [0.15, 0.2) is 218 Å². The van der Waals surface area contributed by atoms with E-state index in [1.165, 1.54) is 0 Å². The van der Waals surface area contributed by atoms with Gasteiger partial charge in [0.1, 0.15) is 0 Å². The van der Waals surface area contributed by atoms with Crippen molar-refractivity contribution < 1.29 is 0 Å². The lowest BCUT2D eigenvalue weighted by Gasteiger charge is -2.06. The molecule has 0 fully saturated rings. The van der Waals surface area contributed by atoms with Gasteiger partial charge < -0.3 is 0 Å². The molecule has 0 saturated carbocycles. The van der Waals surface area contributed by atoms with E-state index in [9.17, 15) is 0 Å². The second kappa shape index (κ2) is 17.6. The van der Waals surface area contributed by atoms with Crippen LogP contribution in [-0.2, 0) is 0 Å². The number of hydrogen-bond donors (Lipinski definition) is 0. The molecule has 0 atom stereocenters. The Morgan fingerprint density at radius 2 is 0.368 bits per heavy atom. The van der Waals surface area contributed by atoms with E-state index < -0.39 is 8.07 Å². The highest BCUT2D eigenvalue weighted by Gasteiger charge is 2.26. The first-order valence-corrected chi connectivity index (χ1v) is 20.9. The average Bonchev–Trinajstić information content (AvgIpc) is 3.30. The SMILES string of the molecule is C(#C[Si](C#Cc1ccc(-c2ccccc2)cc1)(C#Cc1ccc(-c2ccccc2)cc1)C#Cc1ccc(-c2ccccc2)cc1)c1ccc(-c2ccccc2)cc1. The van der Waals surface area contributed by atoms with Gasteiger partial charge in [-0.3, -0.25) is 0 Å². The second-order valence-corrected chi connectivity index (χ2v) is 16.0. The van der Waals surface area contributed by atoms with Gasteiger partial charge in [-0.15, -0.1) is 0 Å². The van der Waals surface area contributed by atoms with E-state index in [4.69, 9.17) is 0 Å². The predicted octanol–water partition coefficient (Wildman–Crippen LogP) is 12.5. The van der Waals surface area contributed by atoms with Crippen LogP contribution in [0.25, 0.3) is 44.5 Å². The molecule has 1 heteroatoms. The Bertz CT molecular complexity index is 2420. The van der Waals surface area contributed by atoms with Gasteiger partial charge in [0, 0.05) is 22.3 Å². The van der Waals surface area contributed by atoms with Crippen molar-refractivity contribution in [3.05, 3.63) is 241 Å². The summed E-state index contributed by atoms with van der Waals surface area (Å²) in [7, 11) is -3.28. The largest absolute Gasteiger partial charge is 0.370 e. The smallest absolute Gasteiger partial charge is 0.0825 e. The van der Waals surface area contributed by atoms with Gasteiger partial charge in [-0.25, -0.2) is 0 Å². The molecule has 0 spiro atoms. The summed E-state index contributed by atoms with van der Waals surface area (Å²) in [5.74, 6) is 13.9. The van der Waals surface area contributed by atoms with Crippen LogP contribution in [0.2, 0.25) is 0 Å². The molecule has 0 heterocycles. The average molecular weight is 737 g/mol. The predicted molar refractivity (Wildman–Crippen MR) is 241 cm³/mol. The minimum atomic E-state index is -3.28. The molecule has 8 aromatic rings. The molecule has 57 heavy (non-hydrogen) atoms. The number of rotatable bonds is 4. The molecule has 0 aliphatic heterocycles. The van der Waals surface area contributed by atoms with E-state index >= 15 is 0 Å². The topological polar surface area (TPSA) is 0 Å². The Morgan fingerprint density at radius 3 is 0.561 bits per heavy atom. The van der Waals surface area contributed by atoms with Crippen molar-refractivity contribution >= 4 is 8.07 Å². The summed E-state index contributed by atoms with van der Waals surface area (Å²) in [5, 5.41) is 0. The minimum absolute atomic E-state index is 0.892. The van der Waals surface area contributed by atoms with E-state index in [0.29, 0.717) is 0 Å². The summed E-state index contributed by atoms with van der Waals surface area (Å²) in [4.78, 5) is 0. The van der Waals surface area contributed by atoms with Crippen molar-refractivity contribution in [1.29, 1.82) is 0 Å². The third-order valence-electron chi connectivity index (χ3n) is 9.55. The maximum atomic E-state index is 3.60. The highest BCUT2D eigenvalue weighted by molar-refractivity contribution is 7.06. The van der Waals surface area contributed by atoms with Crippen molar-refractivity contribution in [2.45, 2.75) is 0 Å². The quantitative estimate of drug-likeness (QED) is 0.125. The molecule has 0 aliphatic carbocycles. The Kier molecular flexibility index (Phi) is 11.2. The monoisotopic (exact) mass is 736 g/mol. The van der Waals surface area contributed by atoms with Crippen LogP contribution in [0.4, 0.5) is 0 Å². The van der Waals surface area contributed by atoms with Crippen LogP contribution in [0.3, 0.4) is 0 Å². The highest BCUT2D eigenvalue weighted by atomic mass is 28.3. The van der Waals surface area contributed by atoms with Gasteiger partial charge in [0.15, 0.2) is 0 Å². The molecule has 0 aromatic heterocycles. The van der Waals surface area contributed by atoms with Gasteiger partial charge in [0.2, 0.25) is 0 Å². The Morgan fingerprint density at radius 1 is 0.193 bits per heavy atom. The summed E-state index contributed by atoms with van der Waals surface area (Å²) in [6, 6.07) is 74.9. The van der Waals surface area contributed by atoms with E-state index in [1.54, 1.807) is 0 Å². The van der Waals surface area contributed by atoms with Crippen LogP contribution in [0, 0.1) is 45.9 Å². The van der Waals surface area contributed by atoms with Gasteiger partial charge >= 0.3 is 8.07 Å². The molecule has 0 bridgehead atoms. The zero-order chi connectivity index (χ0) is 38.5. The molecular weight excluding hydrogens is 701 g/mol. The van der Waals surface area contributed by atoms with Crippen LogP contribution in [0.5, 0.6) is 0 Å². The Labute approximate surface area is 337 Å².